The molecule has 5 heteroatoms. The van der Waals surface area contributed by atoms with Crippen molar-refractivity contribution in [2.75, 3.05) is 13.7 Å². The third kappa shape index (κ3) is 5.36. The van der Waals surface area contributed by atoms with Gasteiger partial charge in [0.1, 0.15) is 5.82 Å². The highest BCUT2D eigenvalue weighted by Crippen LogP contribution is 2.41. The molecule has 1 heterocycles. The van der Waals surface area contributed by atoms with Crippen LogP contribution in [0.1, 0.15) is 23.1 Å². The maximum absolute atomic E-state index is 6.06. The van der Waals surface area contributed by atoms with Crippen molar-refractivity contribution >= 4 is 22.8 Å². The molecule has 0 fully saturated rings. The average molecular weight is 481 g/mol. The molecule has 0 N–H and O–H groups in total. The zero-order valence-electron chi connectivity index (χ0n) is 19.7. The number of ether oxygens (including phenoxy) is 2. The average Bonchev–Trinajstić information content (AvgIpc) is 3.29. The lowest BCUT2D eigenvalue weighted by molar-refractivity contribution is 0.282. The van der Waals surface area contributed by atoms with Crippen molar-refractivity contribution in [1.82, 2.24) is 9.55 Å². The number of hydrogen-bond acceptors (Lipinski definition) is 4. The minimum Gasteiger partial charge on any atom is -0.493 e. The van der Waals surface area contributed by atoms with Gasteiger partial charge in [-0.05, 0) is 48.4 Å². The Morgan fingerprint density at radius 1 is 0.771 bits per heavy atom. The first-order valence-electron chi connectivity index (χ1n) is 11.8. The lowest BCUT2D eigenvalue weighted by Gasteiger charge is -2.19. The first kappa shape index (κ1) is 23.1. The smallest absolute Gasteiger partial charge is 0.161 e. The molecular weight excluding hydrogens is 452 g/mol. The second-order valence-corrected chi connectivity index (χ2v) is 9.36. The number of nitrogens with zero attached hydrogens (tertiary/aromatic N) is 2. The summed E-state index contributed by atoms with van der Waals surface area (Å²) in [6.45, 7) is 1.40. The quantitative estimate of drug-likeness (QED) is 0.154. The molecule has 0 bridgehead atoms. The molecule has 1 atom stereocenters. The van der Waals surface area contributed by atoms with Crippen molar-refractivity contribution in [2.24, 2.45) is 0 Å². The molecule has 0 aliphatic carbocycles. The second kappa shape index (κ2) is 11.2. The predicted octanol–water partition coefficient (Wildman–Crippen LogP) is 7.40. The largest absolute Gasteiger partial charge is 0.493 e. The van der Waals surface area contributed by atoms with Crippen LogP contribution >= 0.6 is 11.8 Å². The number of thioether (sulfide) groups is 1. The summed E-state index contributed by atoms with van der Waals surface area (Å²) in [5.74, 6) is 2.58. The highest BCUT2D eigenvalue weighted by Gasteiger charge is 2.23. The Morgan fingerprint density at radius 2 is 1.43 bits per heavy atom. The molecule has 4 nitrogen and oxygen atoms in total. The van der Waals surface area contributed by atoms with E-state index in [-0.39, 0.29) is 5.25 Å². The minimum absolute atomic E-state index is 0.0705. The predicted molar refractivity (Wildman–Crippen MR) is 143 cm³/mol. The van der Waals surface area contributed by atoms with Crippen LogP contribution in [0.3, 0.4) is 0 Å². The minimum atomic E-state index is 0.0705. The summed E-state index contributed by atoms with van der Waals surface area (Å²) in [5, 5.41) is 0.0705. The van der Waals surface area contributed by atoms with Crippen LogP contribution in [0.25, 0.3) is 11.0 Å². The molecule has 5 aromatic rings. The van der Waals surface area contributed by atoms with Crippen molar-refractivity contribution in [3.8, 4) is 11.5 Å². The van der Waals surface area contributed by atoms with Crippen LogP contribution in [0.5, 0.6) is 11.5 Å². The molecule has 0 saturated carbocycles. The molecule has 0 aliphatic heterocycles. The lowest BCUT2D eigenvalue weighted by Crippen LogP contribution is -2.11. The summed E-state index contributed by atoms with van der Waals surface area (Å²) in [4.78, 5) is 6.35. The molecular formula is C30H28N2O2S. The topological polar surface area (TPSA) is 36.3 Å². The van der Waals surface area contributed by atoms with E-state index >= 15 is 0 Å². The van der Waals surface area contributed by atoms with Crippen LogP contribution in [-0.2, 0) is 6.54 Å². The third-order valence-corrected chi connectivity index (χ3v) is 7.13. The Bertz CT molecular complexity index is 1370. The Morgan fingerprint density at radius 3 is 2.20 bits per heavy atom. The molecule has 0 aliphatic rings. The van der Waals surface area contributed by atoms with Gasteiger partial charge < -0.3 is 14.0 Å². The van der Waals surface area contributed by atoms with Gasteiger partial charge in [-0.3, -0.25) is 0 Å². The van der Waals surface area contributed by atoms with Crippen molar-refractivity contribution in [1.29, 1.82) is 0 Å². The molecule has 0 amide bonds. The fourth-order valence-corrected chi connectivity index (χ4v) is 5.37. The van der Waals surface area contributed by atoms with Crippen molar-refractivity contribution in [3.05, 3.63) is 121 Å². The Hall–Kier alpha value is -3.70. The highest BCUT2D eigenvalue weighted by molar-refractivity contribution is 7.99. The van der Waals surface area contributed by atoms with Gasteiger partial charge in [0.25, 0.3) is 0 Å². The van der Waals surface area contributed by atoms with Gasteiger partial charge in [0, 0.05) is 11.4 Å². The van der Waals surface area contributed by atoms with E-state index in [1.165, 1.54) is 10.5 Å². The number of benzene rings is 4. The van der Waals surface area contributed by atoms with Crippen molar-refractivity contribution in [2.45, 2.75) is 23.1 Å². The maximum Gasteiger partial charge on any atom is 0.161 e. The number of aromatic nitrogens is 2. The fourth-order valence-electron chi connectivity index (χ4n) is 4.20. The van der Waals surface area contributed by atoms with Crippen LogP contribution in [0.15, 0.2) is 114 Å². The van der Waals surface area contributed by atoms with Crippen LogP contribution in [0.2, 0.25) is 0 Å². The van der Waals surface area contributed by atoms with E-state index in [2.05, 4.69) is 89.5 Å². The van der Waals surface area contributed by atoms with E-state index in [0.717, 1.165) is 41.3 Å². The molecule has 1 unspecified atom stereocenters. The monoisotopic (exact) mass is 480 g/mol. The molecule has 176 valence electrons. The Kier molecular flexibility index (Phi) is 7.35. The van der Waals surface area contributed by atoms with E-state index in [1.54, 1.807) is 7.11 Å². The van der Waals surface area contributed by atoms with Gasteiger partial charge in [-0.1, -0.05) is 72.8 Å². The number of imidazole rings is 1. The Labute approximate surface area is 210 Å². The zero-order valence-corrected chi connectivity index (χ0v) is 20.5. The van der Waals surface area contributed by atoms with Gasteiger partial charge in [0.15, 0.2) is 11.5 Å². The van der Waals surface area contributed by atoms with Gasteiger partial charge in [0.2, 0.25) is 0 Å². The fraction of sp³-hybridized carbons (Fsp3) is 0.167. The number of rotatable bonds is 10. The van der Waals surface area contributed by atoms with Gasteiger partial charge >= 0.3 is 0 Å². The van der Waals surface area contributed by atoms with Crippen molar-refractivity contribution < 1.29 is 9.47 Å². The summed E-state index contributed by atoms with van der Waals surface area (Å²) in [6.07, 6.45) is 0.850. The summed E-state index contributed by atoms with van der Waals surface area (Å²) in [5.41, 5.74) is 3.40. The number of methoxy groups -OCH3 is 1. The number of hydrogen-bond donors (Lipinski definition) is 0. The van der Waals surface area contributed by atoms with E-state index in [1.807, 2.05) is 36.0 Å². The summed E-state index contributed by atoms with van der Waals surface area (Å²) in [6, 6.07) is 37.3. The van der Waals surface area contributed by atoms with E-state index < -0.39 is 0 Å². The summed E-state index contributed by atoms with van der Waals surface area (Å²) >= 11 is 1.83. The van der Waals surface area contributed by atoms with Gasteiger partial charge in [-0.25, -0.2) is 4.98 Å². The summed E-state index contributed by atoms with van der Waals surface area (Å²) < 4.78 is 13.8. The third-order valence-electron chi connectivity index (χ3n) is 5.87. The maximum atomic E-state index is 6.06. The van der Waals surface area contributed by atoms with Gasteiger partial charge in [-0.2, -0.15) is 0 Å². The Balaban J connectivity index is 1.44. The van der Waals surface area contributed by atoms with Crippen LogP contribution in [0.4, 0.5) is 0 Å². The lowest BCUT2D eigenvalue weighted by atomic mass is 10.1. The van der Waals surface area contributed by atoms with E-state index in [0.29, 0.717) is 6.61 Å². The van der Waals surface area contributed by atoms with Crippen LogP contribution < -0.4 is 9.47 Å². The molecule has 0 saturated heterocycles. The van der Waals surface area contributed by atoms with Crippen LogP contribution in [0, 0.1) is 0 Å². The first-order chi connectivity index (χ1) is 17.3. The van der Waals surface area contributed by atoms with Gasteiger partial charge in [-0.15, -0.1) is 11.8 Å². The zero-order chi connectivity index (χ0) is 23.9. The molecule has 35 heavy (non-hydrogen) atoms. The number of aryl methyl sites for hydroxylation is 1. The molecule has 4 aromatic carbocycles. The van der Waals surface area contributed by atoms with Crippen molar-refractivity contribution in [3.63, 3.8) is 0 Å². The SMILES string of the molecule is COc1ccccc1OCCCn1c(C(Sc2ccccc2)c2ccccc2)nc2ccccc21. The molecule has 0 radical (unpaired) electrons. The highest BCUT2D eigenvalue weighted by atomic mass is 32.2. The van der Waals surface area contributed by atoms with E-state index in [9.17, 15) is 0 Å². The van der Waals surface area contributed by atoms with E-state index in [4.69, 9.17) is 14.5 Å². The second-order valence-electron chi connectivity index (χ2n) is 8.18. The number of fused-ring (bicyclic) bond motifs is 1. The van der Waals surface area contributed by atoms with Gasteiger partial charge in [0.05, 0.1) is 30.0 Å². The number of para-hydroxylation sites is 4. The standard InChI is InChI=1S/C30H28N2O2S/c1-33-27-19-10-11-20-28(27)34-22-12-21-32-26-18-9-8-17-25(26)31-30(32)29(23-13-4-2-5-14-23)35-24-15-6-3-7-16-24/h2-11,13-20,29H,12,21-22H2,1H3. The first-order valence-corrected chi connectivity index (χ1v) is 12.7. The molecule has 0 spiro atoms. The van der Waals surface area contributed by atoms with Crippen LogP contribution in [-0.4, -0.2) is 23.3 Å². The molecule has 5 rings (SSSR count). The molecule has 1 aromatic heterocycles. The normalized spacial score (nSPS) is 11.9. The summed E-state index contributed by atoms with van der Waals surface area (Å²) in [7, 11) is 1.67.